The van der Waals surface area contributed by atoms with Crippen molar-refractivity contribution in [3.05, 3.63) is 48.5 Å². The van der Waals surface area contributed by atoms with Gasteiger partial charge in [0.05, 0.1) is 17.2 Å². The zero-order valence-corrected chi connectivity index (χ0v) is 18.3. The van der Waals surface area contributed by atoms with Gasteiger partial charge < -0.3 is 20.0 Å². The minimum absolute atomic E-state index is 0.104. The van der Waals surface area contributed by atoms with Crippen LogP contribution in [0.25, 0.3) is 22.3 Å². The second kappa shape index (κ2) is 10.2. The molecule has 31 heavy (non-hydrogen) atoms. The molecule has 1 amide bonds. The maximum absolute atomic E-state index is 11.6. The maximum Gasteiger partial charge on any atom is 0.219 e. The highest BCUT2D eigenvalue weighted by molar-refractivity contribution is 5.91. The van der Waals surface area contributed by atoms with Crippen LogP contribution in [0.2, 0.25) is 0 Å². The highest BCUT2D eigenvalue weighted by Crippen LogP contribution is 2.31. The Labute approximate surface area is 183 Å². The summed E-state index contributed by atoms with van der Waals surface area (Å²) >= 11 is 0. The van der Waals surface area contributed by atoms with E-state index in [-0.39, 0.29) is 17.8 Å². The van der Waals surface area contributed by atoms with Crippen molar-refractivity contribution < 1.29 is 15.0 Å². The monoisotopic (exact) mass is 422 g/mol. The van der Waals surface area contributed by atoms with E-state index in [1.807, 2.05) is 48.2 Å². The van der Waals surface area contributed by atoms with Gasteiger partial charge in [0.25, 0.3) is 0 Å². The summed E-state index contributed by atoms with van der Waals surface area (Å²) in [6.07, 6.45) is 0.745. The van der Waals surface area contributed by atoms with Crippen LogP contribution in [0.15, 0.2) is 48.5 Å². The van der Waals surface area contributed by atoms with Crippen molar-refractivity contribution in [2.24, 2.45) is 0 Å². The van der Waals surface area contributed by atoms with Crippen molar-refractivity contribution in [1.82, 2.24) is 14.9 Å². The number of hydrogen-bond donors (Lipinski definition) is 2. The lowest BCUT2D eigenvalue weighted by Gasteiger charge is -2.35. The predicted molar refractivity (Wildman–Crippen MR) is 123 cm³/mol. The Morgan fingerprint density at radius 3 is 2.26 bits per heavy atom. The average molecular weight is 423 g/mol. The van der Waals surface area contributed by atoms with E-state index in [2.05, 4.69) is 9.88 Å². The molecule has 164 valence electrons. The Morgan fingerprint density at radius 1 is 1.03 bits per heavy atom. The van der Waals surface area contributed by atoms with Crippen LogP contribution in [0.1, 0.15) is 27.2 Å². The molecule has 1 aromatic heterocycles. The molecule has 0 spiro atoms. The van der Waals surface area contributed by atoms with Gasteiger partial charge in [0.2, 0.25) is 5.91 Å². The van der Waals surface area contributed by atoms with E-state index < -0.39 is 0 Å². The summed E-state index contributed by atoms with van der Waals surface area (Å²) in [7, 11) is 0. The Balaban J connectivity index is 0.000000491. The first-order chi connectivity index (χ1) is 14.9. The number of fused-ring (bicyclic) bond motifs is 1. The molecular formula is C24H30N4O3. The first-order valence-corrected chi connectivity index (χ1v) is 10.6. The number of aliphatic hydroxyl groups is 1. The van der Waals surface area contributed by atoms with Gasteiger partial charge >= 0.3 is 0 Å². The third-order valence-corrected chi connectivity index (χ3v) is 5.34. The molecule has 3 aromatic rings. The standard InChI is InChI=1S/C20H20N4O2.C4H10O/c1-14(25)23-10-12-24(13-11-23)20-15-6-2-4-8-17(15)21-19(22-20)16-7-3-5-9-18(16)26;1-3-4(2)5/h2-9,26H,10-13H2,1H3;4-5H,3H2,1-2H3. The summed E-state index contributed by atoms with van der Waals surface area (Å²) in [6.45, 7) is 8.14. The van der Waals surface area contributed by atoms with Crippen molar-refractivity contribution in [1.29, 1.82) is 0 Å². The normalized spacial score (nSPS) is 14.7. The van der Waals surface area contributed by atoms with Crippen LogP contribution in [-0.2, 0) is 4.79 Å². The van der Waals surface area contributed by atoms with Crippen LogP contribution in [0.3, 0.4) is 0 Å². The predicted octanol–water partition coefficient (Wildman–Crippen LogP) is 3.45. The van der Waals surface area contributed by atoms with Gasteiger partial charge in [0.15, 0.2) is 5.82 Å². The molecule has 4 rings (SSSR count). The lowest BCUT2D eigenvalue weighted by Crippen LogP contribution is -2.48. The van der Waals surface area contributed by atoms with Crippen molar-refractivity contribution >= 4 is 22.6 Å². The lowest BCUT2D eigenvalue weighted by atomic mass is 10.1. The summed E-state index contributed by atoms with van der Waals surface area (Å²) in [4.78, 5) is 25.0. The van der Waals surface area contributed by atoms with E-state index in [0.29, 0.717) is 24.5 Å². The number of rotatable bonds is 3. The number of aromatic nitrogens is 2. The van der Waals surface area contributed by atoms with Gasteiger partial charge in [-0.15, -0.1) is 0 Å². The number of amides is 1. The molecule has 0 radical (unpaired) electrons. The number of nitrogens with zero attached hydrogens (tertiary/aromatic N) is 4. The number of hydrogen-bond acceptors (Lipinski definition) is 6. The molecule has 0 saturated carbocycles. The molecule has 0 bridgehead atoms. The van der Waals surface area contributed by atoms with E-state index in [4.69, 9.17) is 10.1 Å². The summed E-state index contributed by atoms with van der Waals surface area (Å²) in [5.74, 6) is 1.62. The maximum atomic E-state index is 11.6. The smallest absolute Gasteiger partial charge is 0.219 e. The van der Waals surface area contributed by atoms with Crippen LogP contribution in [0, 0.1) is 0 Å². The number of aliphatic hydroxyl groups excluding tert-OH is 1. The summed E-state index contributed by atoms with van der Waals surface area (Å²) in [5, 5.41) is 19.5. The highest BCUT2D eigenvalue weighted by atomic mass is 16.3. The average Bonchev–Trinajstić information content (AvgIpc) is 2.79. The summed E-state index contributed by atoms with van der Waals surface area (Å²) < 4.78 is 0. The van der Waals surface area contributed by atoms with E-state index in [9.17, 15) is 9.90 Å². The number of anilines is 1. The molecule has 1 fully saturated rings. The molecule has 7 nitrogen and oxygen atoms in total. The van der Waals surface area contributed by atoms with Gasteiger partial charge in [-0.05, 0) is 37.6 Å². The van der Waals surface area contributed by atoms with Crippen LogP contribution < -0.4 is 4.90 Å². The minimum atomic E-state index is -0.116. The number of aromatic hydroxyl groups is 1. The number of carbonyl (C=O) groups is 1. The third-order valence-electron chi connectivity index (χ3n) is 5.34. The molecule has 2 aromatic carbocycles. The van der Waals surface area contributed by atoms with Crippen molar-refractivity contribution in [3.8, 4) is 17.1 Å². The summed E-state index contributed by atoms with van der Waals surface area (Å²) in [6, 6.07) is 15.0. The molecule has 1 atom stereocenters. The summed E-state index contributed by atoms with van der Waals surface area (Å²) in [5.41, 5.74) is 1.45. The molecule has 1 aliphatic rings. The molecule has 2 N–H and O–H groups in total. The van der Waals surface area contributed by atoms with E-state index in [1.54, 1.807) is 26.0 Å². The molecule has 1 saturated heterocycles. The number of benzene rings is 2. The molecular weight excluding hydrogens is 392 g/mol. The molecule has 1 aliphatic heterocycles. The Kier molecular flexibility index (Phi) is 7.41. The van der Waals surface area contributed by atoms with Crippen molar-refractivity contribution in [3.63, 3.8) is 0 Å². The number of piperazine rings is 1. The fourth-order valence-electron chi connectivity index (χ4n) is 3.32. The SMILES string of the molecule is CC(=O)N1CCN(c2nc(-c3ccccc3O)nc3ccccc23)CC1.CCC(C)O. The largest absolute Gasteiger partial charge is 0.507 e. The van der Waals surface area contributed by atoms with Crippen molar-refractivity contribution in [2.45, 2.75) is 33.3 Å². The van der Waals surface area contributed by atoms with E-state index >= 15 is 0 Å². The van der Waals surface area contributed by atoms with Crippen LogP contribution in [0.4, 0.5) is 5.82 Å². The van der Waals surface area contributed by atoms with Gasteiger partial charge in [-0.2, -0.15) is 0 Å². The Bertz CT molecular complexity index is 1030. The van der Waals surface area contributed by atoms with E-state index in [1.165, 1.54) is 0 Å². The third kappa shape index (κ3) is 5.49. The van der Waals surface area contributed by atoms with Gasteiger partial charge in [-0.25, -0.2) is 9.97 Å². The minimum Gasteiger partial charge on any atom is -0.507 e. The van der Waals surface area contributed by atoms with E-state index in [0.717, 1.165) is 36.2 Å². The number of phenolic OH excluding ortho intramolecular Hbond substituents is 1. The quantitative estimate of drug-likeness (QED) is 0.672. The van der Waals surface area contributed by atoms with Crippen LogP contribution in [-0.4, -0.2) is 63.3 Å². The van der Waals surface area contributed by atoms with Crippen LogP contribution in [0.5, 0.6) is 5.75 Å². The second-order valence-electron chi connectivity index (χ2n) is 7.66. The number of carbonyl (C=O) groups excluding carboxylic acids is 1. The number of para-hydroxylation sites is 2. The van der Waals surface area contributed by atoms with Gasteiger partial charge in [-0.1, -0.05) is 31.2 Å². The first kappa shape index (κ1) is 22.5. The topological polar surface area (TPSA) is 89.8 Å². The zero-order valence-electron chi connectivity index (χ0n) is 18.3. The Hall–Kier alpha value is -3.19. The first-order valence-electron chi connectivity index (χ1n) is 10.6. The molecule has 1 unspecified atom stereocenters. The molecule has 0 aliphatic carbocycles. The molecule has 7 heteroatoms. The highest BCUT2D eigenvalue weighted by Gasteiger charge is 2.22. The van der Waals surface area contributed by atoms with Gasteiger partial charge in [0, 0.05) is 38.5 Å². The van der Waals surface area contributed by atoms with Gasteiger partial charge in [-0.3, -0.25) is 4.79 Å². The lowest BCUT2D eigenvalue weighted by molar-refractivity contribution is -0.129. The second-order valence-corrected chi connectivity index (χ2v) is 7.66. The zero-order chi connectivity index (χ0) is 22.4. The van der Waals surface area contributed by atoms with Gasteiger partial charge in [0.1, 0.15) is 11.6 Å². The fraction of sp³-hybridized carbons (Fsp3) is 0.375. The van der Waals surface area contributed by atoms with Crippen LogP contribution >= 0.6 is 0 Å². The number of phenols is 1. The fourth-order valence-corrected chi connectivity index (χ4v) is 3.32. The van der Waals surface area contributed by atoms with Crippen molar-refractivity contribution in [2.75, 3.05) is 31.1 Å². The molecule has 2 heterocycles. The Morgan fingerprint density at radius 2 is 1.65 bits per heavy atom.